The summed E-state index contributed by atoms with van der Waals surface area (Å²) in [5, 5.41) is 0. The van der Waals surface area contributed by atoms with E-state index in [1.807, 2.05) is 13.0 Å². The molecule has 1 saturated heterocycles. The highest BCUT2D eigenvalue weighted by atomic mass is 35.5. The first-order chi connectivity index (χ1) is 9.98. The maximum Gasteiger partial charge on any atom is 0.179 e. The number of aryl methyl sites for hydroxylation is 1. The minimum Gasteiger partial charge on any atom is -0.375 e. The second kappa shape index (κ2) is 6.53. The van der Waals surface area contributed by atoms with Crippen molar-refractivity contribution >= 4 is 17.4 Å². The van der Waals surface area contributed by atoms with Crippen molar-refractivity contribution in [2.45, 2.75) is 65.0 Å². The predicted octanol–water partition coefficient (Wildman–Crippen LogP) is 4.44. The molecule has 1 fully saturated rings. The lowest BCUT2D eigenvalue weighted by atomic mass is 9.85. The van der Waals surface area contributed by atoms with Gasteiger partial charge in [0, 0.05) is 29.6 Å². The number of carbonyl (C=O) groups is 1. The van der Waals surface area contributed by atoms with Crippen molar-refractivity contribution in [3.8, 4) is 0 Å². The van der Waals surface area contributed by atoms with Crippen LogP contribution in [0.3, 0.4) is 0 Å². The Balaban J connectivity index is 2.34. The highest BCUT2D eigenvalue weighted by Crippen LogP contribution is 2.39. The number of nitrogens with zero attached hydrogens (tertiary/aromatic N) is 1. The van der Waals surface area contributed by atoms with Gasteiger partial charge in [0.05, 0.1) is 11.5 Å². The van der Waals surface area contributed by atoms with Crippen molar-refractivity contribution in [2.75, 3.05) is 12.5 Å². The third kappa shape index (κ3) is 3.04. The molecule has 2 heterocycles. The number of halogens is 1. The topological polar surface area (TPSA) is 31.2 Å². The van der Waals surface area contributed by atoms with E-state index < -0.39 is 0 Å². The summed E-state index contributed by atoms with van der Waals surface area (Å²) < 4.78 is 8.39. The number of rotatable bonds is 5. The van der Waals surface area contributed by atoms with Crippen molar-refractivity contribution < 1.29 is 9.53 Å². The van der Waals surface area contributed by atoms with Crippen LogP contribution in [-0.2, 0) is 4.74 Å². The summed E-state index contributed by atoms with van der Waals surface area (Å²) in [4.78, 5) is 12.0. The Labute approximate surface area is 132 Å². The average Bonchev–Trinajstić information content (AvgIpc) is 2.81. The largest absolute Gasteiger partial charge is 0.375 e. The van der Waals surface area contributed by atoms with Gasteiger partial charge in [0.1, 0.15) is 0 Å². The number of hydrogen-bond acceptors (Lipinski definition) is 2. The van der Waals surface area contributed by atoms with Crippen LogP contribution in [0.4, 0.5) is 0 Å². The molecule has 21 heavy (non-hydrogen) atoms. The second-order valence-electron chi connectivity index (χ2n) is 6.10. The van der Waals surface area contributed by atoms with Crippen molar-refractivity contribution in [2.24, 2.45) is 0 Å². The van der Waals surface area contributed by atoms with Crippen molar-refractivity contribution in [3.05, 3.63) is 23.0 Å². The molecule has 0 spiro atoms. The van der Waals surface area contributed by atoms with Gasteiger partial charge >= 0.3 is 0 Å². The molecular formula is C17H26ClNO2. The molecule has 0 aliphatic carbocycles. The Hall–Kier alpha value is -0.800. The van der Waals surface area contributed by atoms with Crippen LogP contribution in [0.25, 0.3) is 0 Å². The number of carbonyl (C=O) groups excluding carboxylic acids is 1. The van der Waals surface area contributed by atoms with Crippen LogP contribution >= 0.6 is 11.6 Å². The highest BCUT2D eigenvalue weighted by molar-refractivity contribution is 6.30. The lowest BCUT2D eigenvalue weighted by Crippen LogP contribution is -2.40. The molecule has 2 rings (SSSR count). The van der Waals surface area contributed by atoms with Gasteiger partial charge in [-0.3, -0.25) is 4.79 Å². The molecule has 1 aromatic rings. The zero-order valence-corrected chi connectivity index (χ0v) is 14.3. The summed E-state index contributed by atoms with van der Waals surface area (Å²) >= 11 is 5.72. The quantitative estimate of drug-likeness (QED) is 0.595. The molecule has 1 aliphatic rings. The van der Waals surface area contributed by atoms with Gasteiger partial charge in [0.15, 0.2) is 5.78 Å². The summed E-state index contributed by atoms with van der Waals surface area (Å²) in [5.74, 6) is 0.0617. The Morgan fingerprint density at radius 1 is 1.43 bits per heavy atom. The monoisotopic (exact) mass is 311 g/mol. The molecule has 0 aromatic carbocycles. The lowest BCUT2D eigenvalue weighted by Gasteiger charge is -2.41. The number of Topliss-reactive ketones (excluding diaryl/α,β-unsaturated/α-hetero) is 1. The highest BCUT2D eigenvalue weighted by Gasteiger charge is 2.36. The zero-order valence-electron chi connectivity index (χ0n) is 13.5. The molecule has 0 amide bonds. The fourth-order valence-corrected chi connectivity index (χ4v) is 3.80. The Kier molecular flexibility index (Phi) is 5.15. The molecule has 4 heteroatoms. The third-order valence-electron chi connectivity index (χ3n) is 5.03. The van der Waals surface area contributed by atoms with Crippen LogP contribution in [0.1, 0.15) is 67.3 Å². The van der Waals surface area contributed by atoms with Gasteiger partial charge in [-0.2, -0.15) is 0 Å². The number of alkyl halides is 1. The maximum atomic E-state index is 12.0. The molecule has 3 nitrogen and oxygen atoms in total. The molecule has 0 bridgehead atoms. The van der Waals surface area contributed by atoms with E-state index in [0.29, 0.717) is 6.04 Å². The standard InChI is InChI=1S/C17H26ClNO2/c1-5-17(6-2)10-14(7-8-21-17)19-12(3)9-15(13(19)4)16(20)11-18/h9,14H,5-8,10-11H2,1-4H3. The van der Waals surface area contributed by atoms with E-state index >= 15 is 0 Å². The van der Waals surface area contributed by atoms with E-state index in [0.717, 1.165) is 49.2 Å². The summed E-state index contributed by atoms with van der Waals surface area (Å²) in [7, 11) is 0. The Morgan fingerprint density at radius 3 is 2.67 bits per heavy atom. The minimum absolute atomic E-state index is 0.0112. The van der Waals surface area contributed by atoms with Crippen molar-refractivity contribution in [1.82, 2.24) is 4.57 Å². The van der Waals surface area contributed by atoms with Crippen LogP contribution in [0, 0.1) is 13.8 Å². The lowest BCUT2D eigenvalue weighted by molar-refractivity contribution is -0.0990. The summed E-state index contributed by atoms with van der Waals surface area (Å²) in [5.41, 5.74) is 2.95. The smallest absolute Gasteiger partial charge is 0.179 e. The van der Waals surface area contributed by atoms with E-state index in [9.17, 15) is 4.79 Å². The number of aromatic nitrogens is 1. The first kappa shape index (κ1) is 16.6. The molecule has 0 radical (unpaired) electrons. The van der Waals surface area contributed by atoms with Crippen LogP contribution < -0.4 is 0 Å². The van der Waals surface area contributed by atoms with Crippen molar-refractivity contribution in [1.29, 1.82) is 0 Å². The van der Waals surface area contributed by atoms with Gasteiger partial charge < -0.3 is 9.30 Å². The number of hydrogen-bond donors (Lipinski definition) is 0. The van der Waals surface area contributed by atoms with Crippen molar-refractivity contribution in [3.63, 3.8) is 0 Å². The van der Waals surface area contributed by atoms with Gasteiger partial charge in [-0.1, -0.05) is 13.8 Å². The fraction of sp³-hybridized carbons (Fsp3) is 0.706. The van der Waals surface area contributed by atoms with Gasteiger partial charge in [-0.15, -0.1) is 11.6 Å². The SMILES string of the molecule is CCC1(CC)CC(n2c(C)cc(C(=O)CCl)c2C)CCO1. The first-order valence-corrected chi connectivity index (χ1v) is 8.43. The molecular weight excluding hydrogens is 286 g/mol. The van der Waals surface area contributed by atoms with Gasteiger partial charge in [0.25, 0.3) is 0 Å². The van der Waals surface area contributed by atoms with Gasteiger partial charge in [-0.05, 0) is 45.6 Å². The molecule has 118 valence electrons. The van der Waals surface area contributed by atoms with E-state index in [4.69, 9.17) is 16.3 Å². The fourth-order valence-electron chi connectivity index (χ4n) is 3.66. The first-order valence-electron chi connectivity index (χ1n) is 7.89. The van der Waals surface area contributed by atoms with Crippen LogP contribution in [-0.4, -0.2) is 28.4 Å². The average molecular weight is 312 g/mol. The van der Waals surface area contributed by atoms with Gasteiger partial charge in [0.2, 0.25) is 0 Å². The summed E-state index contributed by atoms with van der Waals surface area (Å²) in [6.45, 7) is 9.30. The second-order valence-corrected chi connectivity index (χ2v) is 6.36. The van der Waals surface area contributed by atoms with Crippen LogP contribution in [0.5, 0.6) is 0 Å². The maximum absolute atomic E-state index is 12.0. The minimum atomic E-state index is -0.0112. The molecule has 0 saturated carbocycles. The summed E-state index contributed by atoms with van der Waals surface area (Å²) in [6, 6.07) is 2.39. The van der Waals surface area contributed by atoms with E-state index in [-0.39, 0.29) is 17.3 Å². The molecule has 1 unspecified atom stereocenters. The van der Waals surface area contributed by atoms with E-state index in [1.54, 1.807) is 0 Å². The predicted molar refractivity (Wildman–Crippen MR) is 86.5 cm³/mol. The van der Waals surface area contributed by atoms with Crippen LogP contribution in [0.15, 0.2) is 6.07 Å². The Morgan fingerprint density at radius 2 is 2.10 bits per heavy atom. The molecule has 1 aliphatic heterocycles. The van der Waals surface area contributed by atoms with Crippen LogP contribution in [0.2, 0.25) is 0 Å². The number of ketones is 1. The number of ether oxygens (including phenoxy) is 1. The van der Waals surface area contributed by atoms with E-state index in [2.05, 4.69) is 25.3 Å². The molecule has 0 N–H and O–H groups in total. The van der Waals surface area contributed by atoms with E-state index in [1.165, 1.54) is 0 Å². The summed E-state index contributed by atoms with van der Waals surface area (Å²) in [6.07, 6.45) is 4.09. The molecule has 1 atom stereocenters. The zero-order chi connectivity index (χ0) is 15.6. The van der Waals surface area contributed by atoms with Gasteiger partial charge in [-0.25, -0.2) is 0 Å². The third-order valence-corrected chi connectivity index (χ3v) is 5.27. The Bertz CT molecular complexity index is 517. The molecule has 1 aromatic heterocycles. The normalized spacial score (nSPS) is 21.5.